The zero-order valence-corrected chi connectivity index (χ0v) is 9.11. The van der Waals surface area contributed by atoms with Crippen molar-refractivity contribution in [2.75, 3.05) is 23.0 Å². The Balaban J connectivity index is 2.03. The molecule has 5 heteroatoms. The van der Waals surface area contributed by atoms with Crippen LogP contribution in [0.5, 0.6) is 0 Å². The second kappa shape index (κ2) is 3.44. The van der Waals surface area contributed by atoms with Gasteiger partial charge < -0.3 is 5.73 Å². The maximum Gasteiger partial charge on any atom is 0.150 e. The minimum atomic E-state index is -2.72. The highest BCUT2D eigenvalue weighted by atomic mass is 32.2. The minimum Gasteiger partial charge on any atom is -0.327 e. The van der Waals surface area contributed by atoms with Crippen molar-refractivity contribution in [1.82, 2.24) is 0 Å². The van der Waals surface area contributed by atoms with E-state index in [0.717, 1.165) is 17.9 Å². The Labute approximate surface area is 83.4 Å². The van der Waals surface area contributed by atoms with Gasteiger partial charge in [0.05, 0.1) is 11.5 Å². The second-order valence-corrected chi connectivity index (χ2v) is 7.33. The molecular formula is C8H15NO2S2. The maximum atomic E-state index is 11.3. The highest BCUT2D eigenvalue weighted by Crippen LogP contribution is 2.35. The normalized spacial score (nSPS) is 43.9. The first-order chi connectivity index (χ1) is 6.08. The summed E-state index contributed by atoms with van der Waals surface area (Å²) >= 11 is 1.86. The lowest BCUT2D eigenvalue weighted by atomic mass is 9.88. The lowest BCUT2D eigenvalue weighted by Gasteiger charge is -2.19. The number of thioether (sulfide) groups is 1. The third-order valence-corrected chi connectivity index (χ3v) is 6.08. The van der Waals surface area contributed by atoms with E-state index in [0.29, 0.717) is 23.3 Å². The molecule has 0 amide bonds. The summed E-state index contributed by atoms with van der Waals surface area (Å²) in [7, 11) is -2.72. The Morgan fingerprint density at radius 2 is 2.08 bits per heavy atom. The lowest BCUT2D eigenvalue weighted by Crippen LogP contribution is -2.34. The molecule has 2 aliphatic rings. The van der Waals surface area contributed by atoms with Gasteiger partial charge in [0, 0.05) is 11.8 Å². The Kier molecular flexibility index (Phi) is 2.59. The van der Waals surface area contributed by atoms with Gasteiger partial charge in [-0.25, -0.2) is 8.42 Å². The fourth-order valence-corrected chi connectivity index (χ4v) is 5.58. The van der Waals surface area contributed by atoms with Crippen LogP contribution >= 0.6 is 11.8 Å². The molecule has 3 atom stereocenters. The van der Waals surface area contributed by atoms with Crippen LogP contribution in [0.15, 0.2) is 0 Å². The van der Waals surface area contributed by atoms with Crippen LogP contribution in [0.25, 0.3) is 0 Å². The van der Waals surface area contributed by atoms with Gasteiger partial charge in [0.15, 0.2) is 9.84 Å². The van der Waals surface area contributed by atoms with E-state index < -0.39 is 9.84 Å². The molecule has 0 aliphatic carbocycles. The van der Waals surface area contributed by atoms with Gasteiger partial charge in [-0.15, -0.1) is 0 Å². The van der Waals surface area contributed by atoms with E-state index in [-0.39, 0.29) is 6.04 Å². The van der Waals surface area contributed by atoms with Gasteiger partial charge in [0.25, 0.3) is 0 Å². The molecule has 2 fully saturated rings. The third kappa shape index (κ3) is 2.02. The van der Waals surface area contributed by atoms with Crippen LogP contribution in [-0.2, 0) is 9.84 Å². The van der Waals surface area contributed by atoms with E-state index in [9.17, 15) is 8.42 Å². The zero-order chi connectivity index (χ0) is 9.47. The van der Waals surface area contributed by atoms with Crippen molar-refractivity contribution in [2.24, 2.45) is 17.6 Å². The molecule has 13 heavy (non-hydrogen) atoms. The summed E-state index contributed by atoms with van der Waals surface area (Å²) in [5, 5.41) is 0. The van der Waals surface area contributed by atoms with E-state index >= 15 is 0 Å². The summed E-state index contributed by atoms with van der Waals surface area (Å²) in [5.41, 5.74) is 5.93. The standard InChI is InChI=1S/C8H15NO2S2/c9-8-4-12-3-7(8)6-1-2-13(10,11)5-6/h6-8H,1-5,9H2. The molecule has 3 nitrogen and oxygen atoms in total. The van der Waals surface area contributed by atoms with Crippen molar-refractivity contribution in [3.05, 3.63) is 0 Å². The second-order valence-electron chi connectivity index (χ2n) is 4.03. The molecule has 2 rings (SSSR count). The predicted molar refractivity (Wildman–Crippen MR) is 55.6 cm³/mol. The summed E-state index contributed by atoms with van der Waals surface area (Å²) in [4.78, 5) is 0. The molecule has 0 spiro atoms. The van der Waals surface area contributed by atoms with Gasteiger partial charge in [-0.2, -0.15) is 11.8 Å². The largest absolute Gasteiger partial charge is 0.327 e. The van der Waals surface area contributed by atoms with Crippen molar-refractivity contribution < 1.29 is 8.42 Å². The summed E-state index contributed by atoms with van der Waals surface area (Å²) in [6.07, 6.45) is 0.835. The number of hydrogen-bond acceptors (Lipinski definition) is 4. The summed E-state index contributed by atoms with van der Waals surface area (Å²) < 4.78 is 22.5. The quantitative estimate of drug-likeness (QED) is 0.683. The van der Waals surface area contributed by atoms with Crippen LogP contribution in [0.1, 0.15) is 6.42 Å². The number of sulfone groups is 1. The van der Waals surface area contributed by atoms with Crippen molar-refractivity contribution in [3.63, 3.8) is 0 Å². The molecule has 2 saturated heterocycles. The number of rotatable bonds is 1. The van der Waals surface area contributed by atoms with Gasteiger partial charge in [-0.05, 0) is 24.0 Å². The average molecular weight is 221 g/mol. The van der Waals surface area contributed by atoms with E-state index in [4.69, 9.17) is 5.73 Å². The highest BCUT2D eigenvalue weighted by Gasteiger charge is 2.38. The highest BCUT2D eigenvalue weighted by molar-refractivity contribution is 7.99. The zero-order valence-electron chi connectivity index (χ0n) is 7.48. The Hall–Kier alpha value is 0.260. The third-order valence-electron chi connectivity index (χ3n) is 3.04. The maximum absolute atomic E-state index is 11.3. The molecule has 2 heterocycles. The van der Waals surface area contributed by atoms with E-state index in [2.05, 4.69) is 0 Å². The first kappa shape index (κ1) is 9.80. The van der Waals surface area contributed by atoms with Crippen molar-refractivity contribution in [3.8, 4) is 0 Å². The Bertz CT molecular complexity index is 289. The average Bonchev–Trinajstić information content (AvgIpc) is 2.56. The van der Waals surface area contributed by atoms with Crippen molar-refractivity contribution >= 4 is 21.6 Å². The topological polar surface area (TPSA) is 60.2 Å². The molecule has 76 valence electrons. The SMILES string of the molecule is NC1CSCC1C1CCS(=O)(=O)C1. The fraction of sp³-hybridized carbons (Fsp3) is 1.00. The van der Waals surface area contributed by atoms with Crippen LogP contribution < -0.4 is 5.73 Å². The smallest absolute Gasteiger partial charge is 0.150 e. The Morgan fingerprint density at radius 3 is 2.54 bits per heavy atom. The van der Waals surface area contributed by atoms with Gasteiger partial charge in [0.1, 0.15) is 0 Å². The molecule has 2 aliphatic heterocycles. The van der Waals surface area contributed by atoms with E-state index in [1.165, 1.54) is 0 Å². The van der Waals surface area contributed by atoms with E-state index in [1.807, 2.05) is 11.8 Å². The van der Waals surface area contributed by atoms with Gasteiger partial charge >= 0.3 is 0 Å². The van der Waals surface area contributed by atoms with Crippen LogP contribution in [0.3, 0.4) is 0 Å². The van der Waals surface area contributed by atoms with Gasteiger partial charge in [-0.3, -0.25) is 0 Å². The molecular weight excluding hydrogens is 206 g/mol. The molecule has 0 aromatic heterocycles. The molecule has 0 radical (unpaired) electrons. The molecule has 0 aromatic rings. The lowest BCUT2D eigenvalue weighted by molar-refractivity contribution is 0.366. The van der Waals surface area contributed by atoms with Gasteiger partial charge in [0.2, 0.25) is 0 Å². The molecule has 3 unspecified atom stereocenters. The minimum absolute atomic E-state index is 0.225. The fourth-order valence-electron chi connectivity index (χ4n) is 2.23. The van der Waals surface area contributed by atoms with Gasteiger partial charge in [-0.1, -0.05) is 0 Å². The summed E-state index contributed by atoms with van der Waals surface area (Å²) in [6, 6.07) is 0.225. The first-order valence-corrected chi connectivity index (χ1v) is 7.60. The Morgan fingerprint density at radius 1 is 1.31 bits per heavy atom. The molecule has 0 bridgehead atoms. The molecule has 0 aromatic carbocycles. The van der Waals surface area contributed by atoms with Crippen LogP contribution in [0.4, 0.5) is 0 Å². The van der Waals surface area contributed by atoms with Crippen molar-refractivity contribution in [2.45, 2.75) is 12.5 Å². The summed E-state index contributed by atoms with van der Waals surface area (Å²) in [5.74, 6) is 3.61. The van der Waals surface area contributed by atoms with Crippen LogP contribution in [-0.4, -0.2) is 37.5 Å². The summed E-state index contributed by atoms with van der Waals surface area (Å²) in [6.45, 7) is 0. The first-order valence-electron chi connectivity index (χ1n) is 4.62. The monoisotopic (exact) mass is 221 g/mol. The molecule has 0 saturated carbocycles. The number of hydrogen-bond donors (Lipinski definition) is 1. The number of nitrogens with two attached hydrogens (primary N) is 1. The van der Waals surface area contributed by atoms with E-state index in [1.54, 1.807) is 0 Å². The predicted octanol–water partition coefficient (Wildman–Crippen LogP) is 0.111. The van der Waals surface area contributed by atoms with Crippen LogP contribution in [0.2, 0.25) is 0 Å². The van der Waals surface area contributed by atoms with Crippen LogP contribution in [0, 0.1) is 11.8 Å². The molecule has 2 N–H and O–H groups in total. The van der Waals surface area contributed by atoms with Crippen molar-refractivity contribution in [1.29, 1.82) is 0 Å².